The average Bonchev–Trinajstić information content (AvgIpc) is 3.40. The summed E-state index contributed by atoms with van der Waals surface area (Å²) in [6.07, 6.45) is 3.42. The molecule has 0 spiro atoms. The highest BCUT2D eigenvalue weighted by molar-refractivity contribution is 6.31. The zero-order valence-electron chi connectivity index (χ0n) is 16.1. The van der Waals surface area contributed by atoms with Gasteiger partial charge in [0.05, 0.1) is 36.1 Å². The summed E-state index contributed by atoms with van der Waals surface area (Å²) in [5.41, 5.74) is 2.91. The number of fused-ring (bicyclic) bond motifs is 1. The maximum Gasteiger partial charge on any atom is 0.246 e. The third-order valence-electron chi connectivity index (χ3n) is 5.28. The van der Waals surface area contributed by atoms with Crippen molar-refractivity contribution in [3.63, 3.8) is 0 Å². The van der Waals surface area contributed by atoms with Crippen molar-refractivity contribution in [3.8, 4) is 17.0 Å². The molecule has 0 radical (unpaired) electrons. The number of methoxy groups -OCH3 is 1. The van der Waals surface area contributed by atoms with Crippen LogP contribution >= 0.6 is 11.6 Å². The minimum Gasteiger partial charge on any atom is -0.494 e. The molecule has 1 aliphatic heterocycles. The van der Waals surface area contributed by atoms with Gasteiger partial charge in [0, 0.05) is 17.1 Å². The fourth-order valence-electron chi connectivity index (χ4n) is 3.83. The second kappa shape index (κ2) is 7.53. The highest BCUT2D eigenvalue weighted by atomic mass is 35.5. The molecule has 0 unspecified atom stereocenters. The molecule has 3 heterocycles. The van der Waals surface area contributed by atoms with Crippen molar-refractivity contribution >= 4 is 28.6 Å². The molecule has 2 aromatic heterocycles. The van der Waals surface area contributed by atoms with Gasteiger partial charge in [-0.3, -0.25) is 0 Å². The Kier molecular flexibility index (Phi) is 4.71. The Balaban J connectivity index is 1.48. The van der Waals surface area contributed by atoms with E-state index in [0.717, 1.165) is 36.2 Å². The number of benzene rings is 2. The summed E-state index contributed by atoms with van der Waals surface area (Å²) < 4.78 is 19.1. The Morgan fingerprint density at radius 2 is 2.10 bits per heavy atom. The second-order valence-corrected chi connectivity index (χ2v) is 7.56. The zero-order chi connectivity index (χ0) is 20.7. The molecule has 0 amide bonds. The Morgan fingerprint density at radius 3 is 2.93 bits per heavy atom. The number of halogens is 2. The predicted octanol–water partition coefficient (Wildman–Crippen LogP) is 4.56. The van der Waals surface area contributed by atoms with Crippen LogP contribution in [-0.4, -0.2) is 38.8 Å². The number of rotatable bonds is 4. The van der Waals surface area contributed by atoms with Gasteiger partial charge in [-0.25, -0.2) is 14.4 Å². The van der Waals surface area contributed by atoms with Gasteiger partial charge in [0.1, 0.15) is 5.82 Å². The number of nitrogens with zero attached hydrogens (tertiary/aromatic N) is 5. The van der Waals surface area contributed by atoms with Crippen LogP contribution in [0.3, 0.4) is 0 Å². The molecule has 7 nitrogen and oxygen atoms in total. The monoisotopic (exact) mass is 424 g/mol. The molecular weight excluding hydrogens is 407 g/mol. The predicted molar refractivity (Wildman–Crippen MR) is 112 cm³/mol. The van der Waals surface area contributed by atoms with Crippen molar-refractivity contribution in [2.45, 2.75) is 18.9 Å². The van der Waals surface area contributed by atoms with Gasteiger partial charge in [-0.15, -0.1) is 5.10 Å². The summed E-state index contributed by atoms with van der Waals surface area (Å²) in [5, 5.41) is 8.99. The molecule has 0 saturated carbocycles. The van der Waals surface area contributed by atoms with E-state index in [9.17, 15) is 4.39 Å². The van der Waals surface area contributed by atoms with Crippen LogP contribution in [0.4, 0.5) is 10.3 Å². The van der Waals surface area contributed by atoms with Gasteiger partial charge in [0.2, 0.25) is 5.95 Å². The van der Waals surface area contributed by atoms with E-state index in [2.05, 4.69) is 25.1 Å². The Bertz CT molecular complexity index is 1230. The number of aromatic nitrogens is 5. The summed E-state index contributed by atoms with van der Waals surface area (Å²) in [4.78, 5) is 14.8. The number of nitrogens with one attached hydrogen (secondary N) is 1. The molecule has 0 bridgehead atoms. The molecule has 0 aliphatic carbocycles. The summed E-state index contributed by atoms with van der Waals surface area (Å²) in [6, 6.07) is 10.3. The van der Waals surface area contributed by atoms with Crippen LogP contribution in [0.2, 0.25) is 5.02 Å². The van der Waals surface area contributed by atoms with E-state index < -0.39 is 5.82 Å². The SMILES string of the molecule is COc1ccc(-c2cnnc(N3CCC[C@H]3c3nc4ccc(Cl)cc4[nH]3)n2)cc1F. The van der Waals surface area contributed by atoms with Crippen molar-refractivity contribution < 1.29 is 9.13 Å². The van der Waals surface area contributed by atoms with E-state index in [1.807, 2.05) is 18.2 Å². The molecule has 1 N–H and O–H groups in total. The molecule has 1 atom stereocenters. The van der Waals surface area contributed by atoms with Crippen molar-refractivity contribution in [3.05, 3.63) is 59.3 Å². The summed E-state index contributed by atoms with van der Waals surface area (Å²) in [5.74, 6) is 1.07. The van der Waals surface area contributed by atoms with Crippen molar-refractivity contribution in [1.82, 2.24) is 25.1 Å². The van der Waals surface area contributed by atoms with Crippen LogP contribution in [0.5, 0.6) is 5.75 Å². The van der Waals surface area contributed by atoms with E-state index >= 15 is 0 Å². The first kappa shape index (κ1) is 18.7. The van der Waals surface area contributed by atoms with Gasteiger partial charge >= 0.3 is 0 Å². The van der Waals surface area contributed by atoms with Crippen LogP contribution in [0.25, 0.3) is 22.3 Å². The molecule has 1 aliphatic rings. The van der Waals surface area contributed by atoms with Crippen LogP contribution < -0.4 is 9.64 Å². The lowest BCUT2D eigenvalue weighted by Gasteiger charge is -2.22. The van der Waals surface area contributed by atoms with Crippen LogP contribution in [0.1, 0.15) is 24.7 Å². The number of aromatic amines is 1. The Labute approximate surface area is 176 Å². The summed E-state index contributed by atoms with van der Waals surface area (Å²) in [6.45, 7) is 0.782. The number of hydrogen-bond acceptors (Lipinski definition) is 6. The Hall–Kier alpha value is -3.26. The maximum absolute atomic E-state index is 14.1. The highest BCUT2D eigenvalue weighted by Crippen LogP contribution is 2.35. The largest absolute Gasteiger partial charge is 0.494 e. The van der Waals surface area contributed by atoms with Gasteiger partial charge in [-0.2, -0.15) is 5.10 Å². The summed E-state index contributed by atoms with van der Waals surface area (Å²) >= 11 is 6.10. The standard InChI is InChI=1S/C21H18ClFN6O/c1-30-19-7-4-12(9-14(19)23)17-11-24-28-21(27-17)29-8-2-3-18(29)20-25-15-6-5-13(22)10-16(15)26-20/h4-7,9-11,18H,2-3,8H2,1H3,(H,25,26)/t18-/m0/s1. The zero-order valence-corrected chi connectivity index (χ0v) is 16.9. The van der Waals surface area contributed by atoms with E-state index in [0.29, 0.717) is 22.2 Å². The molecule has 1 fully saturated rings. The first-order valence-electron chi connectivity index (χ1n) is 9.58. The molecule has 2 aromatic carbocycles. The second-order valence-electron chi connectivity index (χ2n) is 7.13. The van der Waals surface area contributed by atoms with Gasteiger partial charge in [0.25, 0.3) is 0 Å². The van der Waals surface area contributed by atoms with Crippen molar-refractivity contribution in [2.24, 2.45) is 0 Å². The van der Waals surface area contributed by atoms with Crippen LogP contribution in [-0.2, 0) is 0 Å². The fourth-order valence-corrected chi connectivity index (χ4v) is 4.00. The molecule has 152 valence electrons. The van der Waals surface area contributed by atoms with Gasteiger partial charge < -0.3 is 14.6 Å². The molecule has 1 saturated heterocycles. The first-order chi connectivity index (χ1) is 14.6. The highest BCUT2D eigenvalue weighted by Gasteiger charge is 2.31. The third-order valence-corrected chi connectivity index (χ3v) is 5.52. The molecule has 30 heavy (non-hydrogen) atoms. The number of hydrogen-bond donors (Lipinski definition) is 1. The van der Waals surface area contributed by atoms with E-state index in [1.54, 1.807) is 12.1 Å². The fraction of sp³-hybridized carbons (Fsp3) is 0.238. The number of H-pyrrole nitrogens is 1. The van der Waals surface area contributed by atoms with Crippen LogP contribution in [0, 0.1) is 5.82 Å². The third kappa shape index (κ3) is 3.33. The van der Waals surface area contributed by atoms with Crippen molar-refractivity contribution in [2.75, 3.05) is 18.6 Å². The molecular formula is C21H18ClFN6O. The van der Waals surface area contributed by atoms with E-state index in [-0.39, 0.29) is 11.8 Å². The quantitative estimate of drug-likeness (QED) is 0.517. The van der Waals surface area contributed by atoms with Gasteiger partial charge in [-0.05, 0) is 49.2 Å². The molecule has 5 rings (SSSR count). The lowest BCUT2D eigenvalue weighted by Crippen LogP contribution is -2.26. The average molecular weight is 425 g/mol. The minimum atomic E-state index is -0.449. The first-order valence-corrected chi connectivity index (χ1v) is 9.95. The number of imidazole rings is 1. The van der Waals surface area contributed by atoms with E-state index in [1.165, 1.54) is 19.4 Å². The number of anilines is 1. The number of ether oxygens (including phenoxy) is 1. The molecule has 9 heteroatoms. The van der Waals surface area contributed by atoms with Gasteiger partial charge in [-0.1, -0.05) is 11.6 Å². The van der Waals surface area contributed by atoms with Gasteiger partial charge in [0.15, 0.2) is 11.6 Å². The van der Waals surface area contributed by atoms with Crippen molar-refractivity contribution in [1.29, 1.82) is 0 Å². The Morgan fingerprint density at radius 1 is 1.20 bits per heavy atom. The minimum absolute atomic E-state index is 0.000768. The van der Waals surface area contributed by atoms with Crippen LogP contribution in [0.15, 0.2) is 42.6 Å². The normalized spacial score (nSPS) is 16.4. The lowest BCUT2D eigenvalue weighted by atomic mass is 10.1. The van der Waals surface area contributed by atoms with E-state index in [4.69, 9.17) is 21.3 Å². The maximum atomic E-state index is 14.1. The molecule has 4 aromatic rings. The topological polar surface area (TPSA) is 79.8 Å². The summed E-state index contributed by atoms with van der Waals surface area (Å²) in [7, 11) is 1.43. The lowest BCUT2D eigenvalue weighted by molar-refractivity contribution is 0.386. The smallest absolute Gasteiger partial charge is 0.246 e.